The molecule has 5 rings (SSSR count). The molecule has 0 N–H and O–H groups in total. The Morgan fingerprint density at radius 1 is 0.839 bits per heavy atom. The molecule has 0 aromatic heterocycles. The van der Waals surface area contributed by atoms with Crippen LogP contribution in [0.25, 0.3) is 0 Å². The predicted molar refractivity (Wildman–Crippen MR) is 132 cm³/mol. The van der Waals surface area contributed by atoms with Crippen LogP contribution in [0.5, 0.6) is 0 Å². The third-order valence-electron chi connectivity index (χ3n) is 7.46. The summed E-state index contributed by atoms with van der Waals surface area (Å²) < 4.78 is 1.09. The molecule has 3 nitrogen and oxygen atoms in total. The Bertz CT molecular complexity index is 925. The van der Waals surface area contributed by atoms with E-state index in [4.69, 9.17) is 0 Å². The highest BCUT2D eigenvalue weighted by Gasteiger charge is 2.33. The first-order valence-electron chi connectivity index (χ1n) is 12.1. The van der Waals surface area contributed by atoms with E-state index >= 15 is 0 Å². The second-order valence-electron chi connectivity index (χ2n) is 9.63. The van der Waals surface area contributed by atoms with Gasteiger partial charge in [0.05, 0.1) is 0 Å². The lowest BCUT2D eigenvalue weighted by molar-refractivity contribution is 0.0993. The van der Waals surface area contributed by atoms with Gasteiger partial charge in [0, 0.05) is 54.0 Å². The fourth-order valence-corrected chi connectivity index (χ4v) is 5.81. The van der Waals surface area contributed by atoms with Crippen LogP contribution in [0, 0.1) is 11.8 Å². The molecule has 2 aromatic rings. The molecule has 2 saturated heterocycles. The smallest absolute Gasteiger partial charge is 0.167 e. The van der Waals surface area contributed by atoms with Gasteiger partial charge in [0.1, 0.15) is 0 Å². The van der Waals surface area contributed by atoms with Crippen molar-refractivity contribution in [3.8, 4) is 0 Å². The molecule has 31 heavy (non-hydrogen) atoms. The SMILES string of the molecule is O=C(Cc1ccc(Br)cc1N1CCC(C2CC2)CC1)c1cccc(N2CCCCC2)c1. The third-order valence-corrected chi connectivity index (χ3v) is 7.95. The Kier molecular flexibility index (Phi) is 6.36. The number of carbonyl (C=O) groups excluding carboxylic acids is 1. The Labute approximate surface area is 194 Å². The molecule has 0 atom stereocenters. The second-order valence-corrected chi connectivity index (χ2v) is 10.5. The summed E-state index contributed by atoms with van der Waals surface area (Å²) in [4.78, 5) is 18.2. The molecular weight excluding hydrogens is 448 g/mol. The van der Waals surface area contributed by atoms with Crippen molar-refractivity contribution in [2.75, 3.05) is 36.0 Å². The zero-order valence-corrected chi connectivity index (χ0v) is 19.9. The van der Waals surface area contributed by atoms with E-state index in [0.717, 1.165) is 53.6 Å². The molecule has 4 heteroatoms. The molecule has 0 amide bonds. The summed E-state index contributed by atoms with van der Waals surface area (Å²) in [5.74, 6) is 2.14. The predicted octanol–water partition coefficient (Wildman–Crippen LogP) is 6.49. The molecule has 1 saturated carbocycles. The van der Waals surface area contributed by atoms with Crippen LogP contribution < -0.4 is 9.80 Å². The van der Waals surface area contributed by atoms with Crippen LogP contribution in [0.4, 0.5) is 11.4 Å². The Morgan fingerprint density at radius 3 is 2.32 bits per heavy atom. The number of Topliss-reactive ketones (excluding diaryl/α,β-unsaturated/α-hetero) is 1. The molecule has 2 aliphatic heterocycles. The monoisotopic (exact) mass is 480 g/mol. The Hall–Kier alpha value is -1.81. The van der Waals surface area contributed by atoms with Gasteiger partial charge in [0.2, 0.25) is 0 Å². The van der Waals surface area contributed by atoms with Gasteiger partial charge in [-0.1, -0.05) is 34.1 Å². The van der Waals surface area contributed by atoms with E-state index in [9.17, 15) is 4.79 Å². The van der Waals surface area contributed by atoms with Crippen molar-refractivity contribution in [1.29, 1.82) is 0 Å². The Balaban J connectivity index is 1.31. The van der Waals surface area contributed by atoms with Crippen molar-refractivity contribution in [2.24, 2.45) is 11.8 Å². The maximum atomic E-state index is 13.3. The minimum Gasteiger partial charge on any atom is -0.372 e. The van der Waals surface area contributed by atoms with Gasteiger partial charge in [-0.05, 0) is 86.6 Å². The topological polar surface area (TPSA) is 23.6 Å². The van der Waals surface area contributed by atoms with E-state index in [2.05, 4.69) is 56.1 Å². The number of nitrogens with zero attached hydrogens (tertiary/aromatic N) is 2. The Morgan fingerprint density at radius 2 is 1.58 bits per heavy atom. The third kappa shape index (κ3) is 5.00. The van der Waals surface area contributed by atoms with Crippen molar-refractivity contribution in [1.82, 2.24) is 0 Å². The van der Waals surface area contributed by atoms with Crippen LogP contribution >= 0.6 is 15.9 Å². The van der Waals surface area contributed by atoms with Gasteiger partial charge >= 0.3 is 0 Å². The standard InChI is InChI=1S/C27H33BrN2O/c28-24-10-9-22(26(19-24)30-15-11-21(12-16-30)20-7-8-20)18-27(31)23-5-4-6-25(17-23)29-13-2-1-3-14-29/h4-6,9-10,17,19-21H,1-3,7-8,11-16,18H2. The average molecular weight is 481 g/mol. The molecule has 2 heterocycles. The summed E-state index contributed by atoms with van der Waals surface area (Å²) >= 11 is 3.66. The van der Waals surface area contributed by atoms with Crippen LogP contribution in [-0.4, -0.2) is 32.0 Å². The number of anilines is 2. The van der Waals surface area contributed by atoms with Crippen molar-refractivity contribution >= 4 is 33.1 Å². The maximum absolute atomic E-state index is 13.3. The van der Waals surface area contributed by atoms with Gasteiger partial charge in [-0.2, -0.15) is 0 Å². The first-order valence-corrected chi connectivity index (χ1v) is 12.9. The lowest BCUT2D eigenvalue weighted by Crippen LogP contribution is -2.35. The van der Waals surface area contributed by atoms with Gasteiger partial charge in [-0.25, -0.2) is 0 Å². The minimum atomic E-state index is 0.218. The molecule has 0 bridgehead atoms. The van der Waals surface area contributed by atoms with E-state index in [1.54, 1.807) is 0 Å². The molecule has 2 aromatic carbocycles. The molecule has 164 valence electrons. The van der Waals surface area contributed by atoms with Crippen LogP contribution in [0.1, 0.15) is 60.9 Å². The second kappa shape index (κ2) is 9.36. The van der Waals surface area contributed by atoms with Crippen LogP contribution in [0.15, 0.2) is 46.9 Å². The number of piperidine rings is 2. The van der Waals surface area contributed by atoms with Crippen LogP contribution in [-0.2, 0) is 6.42 Å². The summed E-state index contributed by atoms with van der Waals surface area (Å²) in [5.41, 5.74) is 4.43. The highest BCUT2D eigenvalue weighted by Crippen LogP contribution is 2.42. The number of hydrogen-bond acceptors (Lipinski definition) is 3. The van der Waals surface area contributed by atoms with Crippen molar-refractivity contribution < 1.29 is 4.79 Å². The quantitative estimate of drug-likeness (QED) is 0.441. The lowest BCUT2D eigenvalue weighted by Gasteiger charge is -2.35. The molecule has 1 aliphatic carbocycles. The number of benzene rings is 2. The van der Waals surface area contributed by atoms with E-state index in [0.29, 0.717) is 6.42 Å². The highest BCUT2D eigenvalue weighted by atomic mass is 79.9. The number of ketones is 1. The van der Waals surface area contributed by atoms with E-state index in [1.165, 1.54) is 56.3 Å². The van der Waals surface area contributed by atoms with Gasteiger partial charge < -0.3 is 9.80 Å². The largest absolute Gasteiger partial charge is 0.372 e. The first-order chi connectivity index (χ1) is 15.2. The van der Waals surface area contributed by atoms with Gasteiger partial charge in [0.15, 0.2) is 5.78 Å². The fraction of sp³-hybridized carbons (Fsp3) is 0.519. The zero-order valence-electron chi connectivity index (χ0n) is 18.4. The zero-order chi connectivity index (χ0) is 21.2. The summed E-state index contributed by atoms with van der Waals surface area (Å²) in [5, 5.41) is 0. The van der Waals surface area contributed by atoms with Gasteiger partial charge in [-0.3, -0.25) is 4.79 Å². The summed E-state index contributed by atoms with van der Waals surface area (Å²) in [6, 6.07) is 14.7. The molecular formula is C27H33BrN2O. The average Bonchev–Trinajstić information content (AvgIpc) is 3.67. The van der Waals surface area contributed by atoms with Crippen LogP contribution in [0.3, 0.4) is 0 Å². The van der Waals surface area contributed by atoms with Crippen molar-refractivity contribution in [2.45, 2.75) is 51.4 Å². The van der Waals surface area contributed by atoms with Crippen molar-refractivity contribution in [3.63, 3.8) is 0 Å². The van der Waals surface area contributed by atoms with E-state index < -0.39 is 0 Å². The molecule has 3 aliphatic rings. The molecule has 0 spiro atoms. The van der Waals surface area contributed by atoms with E-state index in [-0.39, 0.29) is 5.78 Å². The summed E-state index contributed by atoms with van der Waals surface area (Å²) in [7, 11) is 0. The lowest BCUT2D eigenvalue weighted by atomic mass is 9.91. The number of carbonyl (C=O) groups is 1. The molecule has 0 radical (unpaired) electrons. The maximum Gasteiger partial charge on any atom is 0.167 e. The molecule has 3 fully saturated rings. The van der Waals surface area contributed by atoms with Crippen LogP contribution in [0.2, 0.25) is 0 Å². The fourth-order valence-electron chi connectivity index (χ4n) is 5.46. The number of hydrogen-bond donors (Lipinski definition) is 0. The summed E-state index contributed by atoms with van der Waals surface area (Å²) in [6.45, 7) is 4.43. The van der Waals surface area contributed by atoms with Gasteiger partial charge in [0.25, 0.3) is 0 Å². The first kappa shape index (κ1) is 21.1. The number of halogens is 1. The molecule has 0 unspecified atom stereocenters. The highest BCUT2D eigenvalue weighted by molar-refractivity contribution is 9.10. The summed E-state index contributed by atoms with van der Waals surface area (Å²) in [6.07, 6.45) is 9.75. The van der Waals surface area contributed by atoms with Gasteiger partial charge in [-0.15, -0.1) is 0 Å². The normalized spacial score (nSPS) is 20.2. The van der Waals surface area contributed by atoms with E-state index in [1.807, 2.05) is 12.1 Å². The van der Waals surface area contributed by atoms with Crippen molar-refractivity contribution in [3.05, 3.63) is 58.1 Å². The minimum absolute atomic E-state index is 0.218. The number of rotatable bonds is 6.